The molecule has 2 fully saturated rings. The molecule has 2 saturated heterocycles. The predicted molar refractivity (Wildman–Crippen MR) is 68.9 cm³/mol. The van der Waals surface area contributed by atoms with Crippen LogP contribution >= 0.6 is 0 Å². The third kappa shape index (κ3) is 3.42. The number of rotatable bonds is 3. The maximum atomic E-state index is 11.7. The molecular formula is C13H25N3O. The second-order valence-corrected chi connectivity index (χ2v) is 5.56. The maximum absolute atomic E-state index is 11.7. The fourth-order valence-corrected chi connectivity index (χ4v) is 2.80. The SMILES string of the molecule is CC(C)N1CCC(NC2CCCNC2=O)CC1. The molecule has 0 saturated carbocycles. The van der Waals surface area contributed by atoms with Gasteiger partial charge in [0.15, 0.2) is 0 Å². The van der Waals surface area contributed by atoms with Crippen LogP contribution in [0.15, 0.2) is 0 Å². The van der Waals surface area contributed by atoms with Gasteiger partial charge in [-0.3, -0.25) is 4.79 Å². The highest BCUT2D eigenvalue weighted by molar-refractivity contribution is 5.82. The van der Waals surface area contributed by atoms with Crippen molar-refractivity contribution in [1.29, 1.82) is 0 Å². The van der Waals surface area contributed by atoms with Crippen LogP contribution in [-0.4, -0.2) is 48.6 Å². The molecule has 0 aromatic rings. The summed E-state index contributed by atoms with van der Waals surface area (Å²) in [5.41, 5.74) is 0. The second kappa shape index (κ2) is 5.83. The van der Waals surface area contributed by atoms with Gasteiger partial charge in [0.2, 0.25) is 5.91 Å². The average molecular weight is 239 g/mol. The largest absolute Gasteiger partial charge is 0.355 e. The first kappa shape index (κ1) is 12.8. The van der Waals surface area contributed by atoms with E-state index in [9.17, 15) is 4.79 Å². The molecule has 4 nitrogen and oxygen atoms in total. The Morgan fingerprint density at radius 2 is 2.00 bits per heavy atom. The van der Waals surface area contributed by atoms with Gasteiger partial charge < -0.3 is 15.5 Å². The highest BCUT2D eigenvalue weighted by atomic mass is 16.2. The molecule has 0 aliphatic carbocycles. The van der Waals surface area contributed by atoms with Crippen molar-refractivity contribution in [2.75, 3.05) is 19.6 Å². The van der Waals surface area contributed by atoms with Gasteiger partial charge in [-0.05, 0) is 52.6 Å². The molecule has 0 radical (unpaired) electrons. The van der Waals surface area contributed by atoms with Crippen LogP contribution in [0.4, 0.5) is 0 Å². The molecule has 17 heavy (non-hydrogen) atoms. The van der Waals surface area contributed by atoms with Gasteiger partial charge in [0.1, 0.15) is 0 Å². The Balaban J connectivity index is 1.75. The summed E-state index contributed by atoms with van der Waals surface area (Å²) >= 11 is 0. The summed E-state index contributed by atoms with van der Waals surface area (Å²) in [6.07, 6.45) is 4.44. The number of piperidine rings is 2. The monoisotopic (exact) mass is 239 g/mol. The van der Waals surface area contributed by atoms with Gasteiger partial charge >= 0.3 is 0 Å². The standard InChI is InChI=1S/C13H25N3O/c1-10(2)16-8-5-11(6-9-16)15-12-4-3-7-14-13(12)17/h10-12,15H,3-9H2,1-2H3,(H,14,17). The topological polar surface area (TPSA) is 44.4 Å². The predicted octanol–water partition coefficient (Wildman–Crippen LogP) is 0.727. The van der Waals surface area contributed by atoms with E-state index in [1.54, 1.807) is 0 Å². The van der Waals surface area contributed by atoms with Gasteiger partial charge in [-0.2, -0.15) is 0 Å². The lowest BCUT2D eigenvalue weighted by Gasteiger charge is -2.37. The summed E-state index contributed by atoms with van der Waals surface area (Å²) in [7, 11) is 0. The summed E-state index contributed by atoms with van der Waals surface area (Å²) in [6.45, 7) is 7.67. The first-order chi connectivity index (χ1) is 8.16. The van der Waals surface area contributed by atoms with Crippen molar-refractivity contribution in [2.45, 2.75) is 57.7 Å². The Bertz CT molecular complexity index is 259. The van der Waals surface area contributed by atoms with Crippen LogP contribution in [0.5, 0.6) is 0 Å². The van der Waals surface area contributed by atoms with Gasteiger partial charge in [-0.1, -0.05) is 0 Å². The Kier molecular flexibility index (Phi) is 4.40. The van der Waals surface area contributed by atoms with Gasteiger partial charge in [0.05, 0.1) is 6.04 Å². The zero-order valence-electron chi connectivity index (χ0n) is 11.0. The molecule has 1 unspecified atom stereocenters. The van der Waals surface area contributed by atoms with Gasteiger partial charge in [-0.15, -0.1) is 0 Å². The smallest absolute Gasteiger partial charge is 0.237 e. The van der Waals surface area contributed by atoms with E-state index < -0.39 is 0 Å². The van der Waals surface area contributed by atoms with E-state index in [0.29, 0.717) is 12.1 Å². The second-order valence-electron chi connectivity index (χ2n) is 5.56. The third-order valence-electron chi connectivity index (χ3n) is 3.98. The van der Waals surface area contributed by atoms with Crippen molar-refractivity contribution in [3.63, 3.8) is 0 Å². The molecule has 1 atom stereocenters. The molecule has 4 heteroatoms. The maximum Gasteiger partial charge on any atom is 0.237 e. The van der Waals surface area contributed by atoms with Crippen molar-refractivity contribution < 1.29 is 4.79 Å². The summed E-state index contributed by atoms with van der Waals surface area (Å²) in [4.78, 5) is 14.2. The third-order valence-corrected chi connectivity index (χ3v) is 3.98. The minimum Gasteiger partial charge on any atom is -0.355 e. The number of carbonyl (C=O) groups is 1. The van der Waals surface area contributed by atoms with Crippen molar-refractivity contribution in [3.05, 3.63) is 0 Å². The Morgan fingerprint density at radius 3 is 2.59 bits per heavy atom. The first-order valence-corrected chi connectivity index (χ1v) is 6.94. The molecule has 2 aliphatic rings. The van der Waals surface area contributed by atoms with E-state index >= 15 is 0 Å². The molecule has 0 bridgehead atoms. The first-order valence-electron chi connectivity index (χ1n) is 6.94. The number of nitrogens with one attached hydrogen (secondary N) is 2. The van der Waals surface area contributed by atoms with Crippen LogP contribution in [0, 0.1) is 0 Å². The summed E-state index contributed by atoms with van der Waals surface area (Å²) in [6, 6.07) is 1.23. The number of amides is 1. The number of hydrogen-bond acceptors (Lipinski definition) is 3. The van der Waals surface area contributed by atoms with E-state index in [0.717, 1.165) is 32.5 Å². The molecule has 2 rings (SSSR count). The van der Waals surface area contributed by atoms with Crippen molar-refractivity contribution in [3.8, 4) is 0 Å². The molecular weight excluding hydrogens is 214 g/mol. The van der Waals surface area contributed by atoms with Gasteiger partial charge in [-0.25, -0.2) is 0 Å². The zero-order chi connectivity index (χ0) is 12.3. The van der Waals surface area contributed by atoms with Crippen LogP contribution in [0.25, 0.3) is 0 Å². The van der Waals surface area contributed by atoms with E-state index in [1.165, 1.54) is 12.8 Å². The summed E-state index contributed by atoms with van der Waals surface area (Å²) < 4.78 is 0. The highest BCUT2D eigenvalue weighted by Gasteiger charge is 2.27. The molecule has 2 N–H and O–H groups in total. The molecule has 0 spiro atoms. The van der Waals surface area contributed by atoms with Crippen LogP contribution in [-0.2, 0) is 4.79 Å². The fraction of sp³-hybridized carbons (Fsp3) is 0.923. The zero-order valence-corrected chi connectivity index (χ0v) is 11.0. The molecule has 2 aliphatic heterocycles. The quantitative estimate of drug-likeness (QED) is 0.763. The van der Waals surface area contributed by atoms with Crippen LogP contribution in [0.2, 0.25) is 0 Å². The minimum atomic E-state index is 0.0550. The van der Waals surface area contributed by atoms with Gasteiger partial charge in [0, 0.05) is 18.6 Å². The van der Waals surface area contributed by atoms with Crippen LogP contribution < -0.4 is 10.6 Å². The van der Waals surface area contributed by atoms with Gasteiger partial charge in [0.25, 0.3) is 0 Å². The molecule has 0 aromatic heterocycles. The van der Waals surface area contributed by atoms with Crippen molar-refractivity contribution >= 4 is 5.91 Å². The molecule has 0 aromatic carbocycles. The summed E-state index contributed by atoms with van der Waals surface area (Å²) in [5, 5.41) is 6.47. The number of carbonyl (C=O) groups excluding carboxylic acids is 1. The van der Waals surface area contributed by atoms with E-state index in [-0.39, 0.29) is 11.9 Å². The normalized spacial score (nSPS) is 28.4. The average Bonchev–Trinajstić information content (AvgIpc) is 2.33. The molecule has 98 valence electrons. The lowest BCUT2D eigenvalue weighted by atomic mass is 10.00. The number of nitrogens with zero attached hydrogens (tertiary/aromatic N) is 1. The van der Waals surface area contributed by atoms with E-state index in [4.69, 9.17) is 0 Å². The van der Waals surface area contributed by atoms with Crippen LogP contribution in [0.1, 0.15) is 39.5 Å². The van der Waals surface area contributed by atoms with Crippen LogP contribution in [0.3, 0.4) is 0 Å². The van der Waals surface area contributed by atoms with E-state index in [2.05, 4.69) is 29.4 Å². The van der Waals surface area contributed by atoms with E-state index in [1.807, 2.05) is 0 Å². The fourth-order valence-electron chi connectivity index (χ4n) is 2.80. The lowest BCUT2D eigenvalue weighted by Crippen LogP contribution is -2.54. The Hall–Kier alpha value is -0.610. The summed E-state index contributed by atoms with van der Waals surface area (Å²) in [5.74, 6) is 0.197. The number of likely N-dealkylation sites (tertiary alicyclic amines) is 1. The molecule has 2 heterocycles. The molecule has 1 amide bonds. The number of hydrogen-bond donors (Lipinski definition) is 2. The highest BCUT2D eigenvalue weighted by Crippen LogP contribution is 2.15. The minimum absolute atomic E-state index is 0.0550. The Morgan fingerprint density at radius 1 is 1.29 bits per heavy atom. The lowest BCUT2D eigenvalue weighted by molar-refractivity contribution is -0.124. The van der Waals surface area contributed by atoms with Crippen molar-refractivity contribution in [2.24, 2.45) is 0 Å². The Labute approximate surface area is 104 Å². The van der Waals surface area contributed by atoms with Crippen molar-refractivity contribution in [1.82, 2.24) is 15.5 Å².